The van der Waals surface area contributed by atoms with E-state index in [0.29, 0.717) is 38.3 Å². The zero-order valence-corrected chi connectivity index (χ0v) is 21.8. The average molecular weight is 568 g/mol. The van der Waals surface area contributed by atoms with Crippen molar-refractivity contribution < 1.29 is 26.3 Å². The van der Waals surface area contributed by atoms with Gasteiger partial charge in [0.1, 0.15) is 4.90 Å². The Balaban J connectivity index is 1.26. The van der Waals surface area contributed by atoms with Crippen LogP contribution < -0.4 is 9.80 Å². The van der Waals surface area contributed by atoms with E-state index in [2.05, 4.69) is 27.0 Å². The lowest BCUT2D eigenvalue weighted by atomic mass is 10.1. The number of alkyl halides is 3. The highest BCUT2D eigenvalue weighted by atomic mass is 35.5. The first-order valence-electron chi connectivity index (χ1n) is 12.0. The molecule has 0 amide bonds. The maximum absolute atomic E-state index is 13.1. The third-order valence-electron chi connectivity index (χ3n) is 6.58. The van der Waals surface area contributed by atoms with Gasteiger partial charge in [0, 0.05) is 56.7 Å². The molecule has 5 rings (SSSR count). The van der Waals surface area contributed by atoms with E-state index in [0.717, 1.165) is 42.2 Å². The van der Waals surface area contributed by atoms with E-state index >= 15 is 0 Å². The minimum absolute atomic E-state index is 0.113. The van der Waals surface area contributed by atoms with Crippen molar-refractivity contribution in [2.24, 2.45) is 0 Å². The molecule has 0 atom stereocenters. The number of aromatic nitrogens is 2. The summed E-state index contributed by atoms with van der Waals surface area (Å²) < 4.78 is 71.6. The van der Waals surface area contributed by atoms with Gasteiger partial charge in [0.2, 0.25) is 16.0 Å². The number of piperazine rings is 1. The number of ether oxygens (including phenoxy) is 1. The summed E-state index contributed by atoms with van der Waals surface area (Å²) in [5.74, 6) is 0.476. The number of morpholine rings is 1. The van der Waals surface area contributed by atoms with Crippen LogP contribution in [0.25, 0.3) is 11.3 Å². The first kappa shape index (κ1) is 26.7. The van der Waals surface area contributed by atoms with Gasteiger partial charge in [-0.25, -0.2) is 18.4 Å². The molecule has 0 saturated carbocycles. The fraction of sp³-hybridized carbons (Fsp3) is 0.360. The fourth-order valence-electron chi connectivity index (χ4n) is 4.48. The molecule has 0 aliphatic carbocycles. The number of halogens is 4. The molecule has 0 spiro atoms. The molecule has 2 aliphatic heterocycles. The van der Waals surface area contributed by atoms with Crippen molar-refractivity contribution in [1.29, 1.82) is 0 Å². The number of nitrogens with zero attached hydrogens (tertiary/aromatic N) is 5. The fourth-order valence-corrected chi connectivity index (χ4v) is 6.42. The summed E-state index contributed by atoms with van der Waals surface area (Å²) >= 11 is 5.95. The van der Waals surface area contributed by atoms with E-state index in [-0.39, 0.29) is 18.0 Å². The van der Waals surface area contributed by atoms with E-state index < -0.39 is 26.8 Å². The third-order valence-corrected chi connectivity index (χ3v) is 8.96. The first-order valence-corrected chi connectivity index (χ1v) is 13.8. The van der Waals surface area contributed by atoms with Crippen LogP contribution in [0.4, 0.5) is 24.8 Å². The maximum Gasteiger partial charge on any atom is 0.416 e. The van der Waals surface area contributed by atoms with Gasteiger partial charge in [0.25, 0.3) is 0 Å². The number of rotatable bonds is 5. The minimum atomic E-state index is -4.61. The highest BCUT2D eigenvalue weighted by Crippen LogP contribution is 2.34. The van der Waals surface area contributed by atoms with Gasteiger partial charge in [0.15, 0.2) is 0 Å². The molecule has 3 heterocycles. The van der Waals surface area contributed by atoms with Gasteiger partial charge in [-0.1, -0.05) is 23.7 Å². The molecule has 8 nitrogen and oxygen atoms in total. The molecule has 0 bridgehead atoms. The molecular weight excluding hydrogens is 543 g/mol. The van der Waals surface area contributed by atoms with Gasteiger partial charge in [-0.15, -0.1) is 0 Å². The zero-order chi connectivity index (χ0) is 26.9. The van der Waals surface area contributed by atoms with Crippen molar-refractivity contribution >= 4 is 33.3 Å². The maximum atomic E-state index is 13.1. The average Bonchev–Trinajstić information content (AvgIpc) is 2.93. The molecule has 1 aromatic heterocycles. The second-order valence-electron chi connectivity index (χ2n) is 8.92. The van der Waals surface area contributed by atoms with Crippen LogP contribution in [0, 0.1) is 0 Å². The Bertz CT molecular complexity index is 1390. The normalized spacial score (nSPS) is 17.6. The number of anilines is 2. The molecule has 2 fully saturated rings. The highest BCUT2D eigenvalue weighted by molar-refractivity contribution is 7.89. The van der Waals surface area contributed by atoms with Gasteiger partial charge in [0.05, 0.1) is 29.5 Å². The third kappa shape index (κ3) is 5.58. The lowest BCUT2D eigenvalue weighted by Gasteiger charge is -2.34. The van der Waals surface area contributed by atoms with E-state index in [1.807, 2.05) is 23.1 Å². The molecule has 2 aliphatic rings. The van der Waals surface area contributed by atoms with Crippen molar-refractivity contribution in [2.45, 2.75) is 11.1 Å². The molecular formula is C25H25ClF3N5O3S. The largest absolute Gasteiger partial charge is 0.416 e. The molecule has 13 heteroatoms. The molecule has 3 aromatic rings. The number of sulfonamides is 1. The quantitative estimate of drug-likeness (QED) is 0.458. The Hall–Kier alpha value is -2.93. The van der Waals surface area contributed by atoms with Crippen LogP contribution in [0.1, 0.15) is 5.56 Å². The van der Waals surface area contributed by atoms with Crippen LogP contribution in [-0.2, 0) is 20.9 Å². The second-order valence-corrected chi connectivity index (χ2v) is 11.2. The number of hydrogen-bond acceptors (Lipinski definition) is 7. The predicted octanol–water partition coefficient (Wildman–Crippen LogP) is 4.16. The van der Waals surface area contributed by atoms with E-state index in [1.165, 1.54) is 4.31 Å². The van der Waals surface area contributed by atoms with Crippen LogP contribution in [0.3, 0.4) is 0 Å². The lowest BCUT2D eigenvalue weighted by Crippen LogP contribution is -2.49. The molecule has 2 aromatic carbocycles. The Morgan fingerprint density at radius 1 is 0.868 bits per heavy atom. The summed E-state index contributed by atoms with van der Waals surface area (Å²) in [5.41, 5.74) is 1.80. The Kier molecular flexibility index (Phi) is 7.49. The minimum Gasteiger partial charge on any atom is -0.378 e. The molecule has 0 radical (unpaired) electrons. The van der Waals surface area contributed by atoms with Crippen LogP contribution in [0.5, 0.6) is 0 Å². The van der Waals surface area contributed by atoms with Crippen LogP contribution in [-0.4, -0.2) is 75.2 Å². The van der Waals surface area contributed by atoms with Crippen molar-refractivity contribution in [1.82, 2.24) is 14.3 Å². The zero-order valence-electron chi connectivity index (χ0n) is 20.2. The first-order chi connectivity index (χ1) is 18.1. The Labute approximate surface area is 223 Å². The molecule has 0 unspecified atom stereocenters. The molecule has 2 saturated heterocycles. The van der Waals surface area contributed by atoms with Crippen molar-refractivity contribution in [3.05, 3.63) is 65.3 Å². The number of hydrogen-bond donors (Lipinski definition) is 0. The molecule has 38 heavy (non-hydrogen) atoms. The SMILES string of the molecule is O=S(=O)(c1ccc(C(F)(F)F)cc1Cl)N1CCN(c2nccc(-c3ccc(N4CCOCC4)cc3)n2)CC1. The van der Waals surface area contributed by atoms with Crippen molar-refractivity contribution in [3.8, 4) is 11.3 Å². The Morgan fingerprint density at radius 3 is 2.18 bits per heavy atom. The summed E-state index contributed by atoms with van der Waals surface area (Å²) in [4.78, 5) is 12.9. The van der Waals surface area contributed by atoms with Gasteiger partial charge in [-0.2, -0.15) is 17.5 Å². The van der Waals surface area contributed by atoms with Crippen LogP contribution in [0.15, 0.2) is 59.6 Å². The highest BCUT2D eigenvalue weighted by Gasteiger charge is 2.34. The van der Waals surface area contributed by atoms with E-state index in [4.69, 9.17) is 16.3 Å². The van der Waals surface area contributed by atoms with Crippen LogP contribution >= 0.6 is 11.6 Å². The number of benzene rings is 2. The topological polar surface area (TPSA) is 78.9 Å². The van der Waals surface area contributed by atoms with Gasteiger partial charge < -0.3 is 14.5 Å². The standard InChI is InChI=1S/C25H25ClF3N5O3S/c26-21-17-19(25(27,28)29)3-6-23(21)38(35,36)34-11-9-33(10-12-34)24-30-8-7-22(31-24)18-1-4-20(5-2-18)32-13-15-37-16-14-32/h1-8,17H,9-16H2. The van der Waals surface area contributed by atoms with Gasteiger partial charge in [-0.05, 0) is 36.4 Å². The summed E-state index contributed by atoms with van der Waals surface area (Å²) in [6, 6.07) is 12.2. The van der Waals surface area contributed by atoms with Crippen LogP contribution in [0.2, 0.25) is 5.02 Å². The van der Waals surface area contributed by atoms with Gasteiger partial charge in [-0.3, -0.25) is 0 Å². The monoisotopic (exact) mass is 567 g/mol. The molecule has 0 N–H and O–H groups in total. The summed E-state index contributed by atoms with van der Waals surface area (Å²) in [6.45, 7) is 3.98. The molecule has 202 valence electrons. The van der Waals surface area contributed by atoms with Crippen molar-refractivity contribution in [3.63, 3.8) is 0 Å². The second kappa shape index (κ2) is 10.7. The smallest absolute Gasteiger partial charge is 0.378 e. The lowest BCUT2D eigenvalue weighted by molar-refractivity contribution is -0.137. The van der Waals surface area contributed by atoms with Crippen molar-refractivity contribution in [2.75, 3.05) is 62.3 Å². The van der Waals surface area contributed by atoms with Gasteiger partial charge >= 0.3 is 6.18 Å². The Morgan fingerprint density at radius 2 is 1.55 bits per heavy atom. The summed E-state index contributed by atoms with van der Waals surface area (Å²) in [6.07, 6.45) is -2.95. The summed E-state index contributed by atoms with van der Waals surface area (Å²) in [5, 5.41) is -0.460. The predicted molar refractivity (Wildman–Crippen MR) is 138 cm³/mol. The van der Waals surface area contributed by atoms with E-state index in [9.17, 15) is 21.6 Å². The summed E-state index contributed by atoms with van der Waals surface area (Å²) in [7, 11) is -4.07. The van der Waals surface area contributed by atoms with E-state index in [1.54, 1.807) is 6.20 Å².